The lowest BCUT2D eigenvalue weighted by Crippen LogP contribution is -2.11. The molecule has 0 aliphatic rings. The molecule has 29 heavy (non-hydrogen) atoms. The number of amides is 1. The number of anilines is 1. The summed E-state index contributed by atoms with van der Waals surface area (Å²) in [5, 5.41) is 19.0. The molecule has 3 aromatic heterocycles. The second-order valence-corrected chi connectivity index (χ2v) is 6.44. The fourth-order valence-corrected chi connectivity index (χ4v) is 2.78. The van der Waals surface area contributed by atoms with Crippen molar-refractivity contribution in [3.63, 3.8) is 0 Å². The van der Waals surface area contributed by atoms with Gasteiger partial charge in [-0.2, -0.15) is 5.10 Å². The van der Waals surface area contributed by atoms with Crippen LogP contribution in [0.15, 0.2) is 53.2 Å². The second kappa shape index (κ2) is 7.55. The predicted octanol–water partition coefficient (Wildman–Crippen LogP) is 3.62. The molecule has 0 bridgehead atoms. The molecule has 4 rings (SSSR count). The Hall–Kier alpha value is -4.01. The molecule has 1 amide bonds. The standard InChI is InChI=1S/C20H18N6O3/c1-12-10-13(2)26(25-12)18-8-9-19(24-23-18)28-16-6-4-15(5-7-16)22-20(27)17-11-21-29-14(17)3/h4-11H,1-3H3,(H,22,27). The smallest absolute Gasteiger partial charge is 0.260 e. The van der Waals surface area contributed by atoms with Crippen molar-refractivity contribution in [2.45, 2.75) is 20.8 Å². The van der Waals surface area contributed by atoms with Crippen molar-refractivity contribution in [1.82, 2.24) is 25.1 Å². The first-order chi connectivity index (χ1) is 14.0. The Bertz CT molecular complexity index is 1150. The molecule has 0 unspecified atom stereocenters. The first-order valence-corrected chi connectivity index (χ1v) is 8.87. The van der Waals surface area contributed by atoms with Crippen LogP contribution >= 0.6 is 0 Å². The minimum atomic E-state index is -0.289. The highest BCUT2D eigenvalue weighted by Gasteiger charge is 2.13. The number of ether oxygens (including phenoxy) is 1. The number of carbonyl (C=O) groups excluding carboxylic acids is 1. The molecule has 9 heteroatoms. The van der Waals surface area contributed by atoms with Gasteiger partial charge in [-0.15, -0.1) is 10.2 Å². The topological polar surface area (TPSA) is 108 Å². The molecular weight excluding hydrogens is 372 g/mol. The highest BCUT2D eigenvalue weighted by molar-refractivity contribution is 6.04. The molecule has 0 aliphatic heterocycles. The molecule has 0 saturated heterocycles. The zero-order valence-electron chi connectivity index (χ0n) is 16.1. The predicted molar refractivity (Wildman–Crippen MR) is 104 cm³/mol. The zero-order valence-corrected chi connectivity index (χ0v) is 16.1. The van der Waals surface area contributed by atoms with E-state index < -0.39 is 0 Å². The van der Waals surface area contributed by atoms with Gasteiger partial charge in [-0.25, -0.2) is 4.68 Å². The van der Waals surface area contributed by atoms with Gasteiger partial charge in [-0.1, -0.05) is 5.16 Å². The van der Waals surface area contributed by atoms with E-state index in [9.17, 15) is 4.79 Å². The molecule has 3 heterocycles. The number of hydrogen-bond donors (Lipinski definition) is 1. The van der Waals surface area contributed by atoms with Gasteiger partial charge in [-0.3, -0.25) is 4.79 Å². The Morgan fingerprint density at radius 1 is 1.07 bits per heavy atom. The van der Waals surface area contributed by atoms with Crippen LogP contribution in [-0.2, 0) is 0 Å². The first kappa shape index (κ1) is 18.4. The Morgan fingerprint density at radius 2 is 1.86 bits per heavy atom. The van der Waals surface area contributed by atoms with Gasteiger partial charge in [0, 0.05) is 17.4 Å². The van der Waals surface area contributed by atoms with E-state index in [-0.39, 0.29) is 5.91 Å². The van der Waals surface area contributed by atoms with E-state index >= 15 is 0 Å². The number of carbonyl (C=O) groups is 1. The van der Waals surface area contributed by atoms with Crippen molar-refractivity contribution in [3.8, 4) is 17.4 Å². The summed E-state index contributed by atoms with van der Waals surface area (Å²) in [7, 11) is 0. The van der Waals surface area contributed by atoms with Gasteiger partial charge < -0.3 is 14.6 Å². The number of nitrogens with one attached hydrogen (secondary N) is 1. The van der Waals surface area contributed by atoms with Crippen molar-refractivity contribution in [2.75, 3.05) is 5.32 Å². The van der Waals surface area contributed by atoms with Gasteiger partial charge in [0.05, 0.1) is 11.9 Å². The summed E-state index contributed by atoms with van der Waals surface area (Å²) >= 11 is 0. The quantitative estimate of drug-likeness (QED) is 0.554. The number of aromatic nitrogens is 5. The highest BCUT2D eigenvalue weighted by atomic mass is 16.5. The van der Waals surface area contributed by atoms with Gasteiger partial charge in [0.15, 0.2) is 5.82 Å². The van der Waals surface area contributed by atoms with Crippen molar-refractivity contribution in [3.05, 3.63) is 71.4 Å². The summed E-state index contributed by atoms with van der Waals surface area (Å²) in [6.45, 7) is 5.56. The number of aryl methyl sites for hydroxylation is 3. The molecule has 146 valence electrons. The third kappa shape index (κ3) is 3.98. The van der Waals surface area contributed by atoms with E-state index in [2.05, 4.69) is 25.8 Å². The molecule has 9 nitrogen and oxygen atoms in total. The molecule has 0 radical (unpaired) electrons. The van der Waals surface area contributed by atoms with E-state index in [0.29, 0.717) is 34.5 Å². The maximum absolute atomic E-state index is 12.2. The fourth-order valence-electron chi connectivity index (χ4n) is 2.78. The minimum Gasteiger partial charge on any atom is -0.438 e. The van der Waals surface area contributed by atoms with E-state index in [1.54, 1.807) is 48.0 Å². The summed E-state index contributed by atoms with van der Waals surface area (Å²) in [6, 6.07) is 12.4. The molecule has 4 aromatic rings. The molecule has 1 N–H and O–H groups in total. The van der Waals surface area contributed by atoms with Gasteiger partial charge in [0.2, 0.25) is 5.88 Å². The van der Waals surface area contributed by atoms with Crippen LogP contribution in [0.3, 0.4) is 0 Å². The third-order valence-corrected chi connectivity index (χ3v) is 4.18. The monoisotopic (exact) mass is 390 g/mol. The van der Waals surface area contributed by atoms with Crippen LogP contribution in [0.5, 0.6) is 11.6 Å². The van der Waals surface area contributed by atoms with Gasteiger partial charge in [0.25, 0.3) is 5.91 Å². The average Bonchev–Trinajstić information content (AvgIpc) is 3.28. The molecule has 0 aliphatic carbocycles. The maximum Gasteiger partial charge on any atom is 0.260 e. The Kier molecular flexibility index (Phi) is 4.78. The van der Waals surface area contributed by atoms with Crippen molar-refractivity contribution >= 4 is 11.6 Å². The minimum absolute atomic E-state index is 0.289. The van der Waals surface area contributed by atoms with Gasteiger partial charge in [0.1, 0.15) is 17.1 Å². The lowest BCUT2D eigenvalue weighted by molar-refractivity contribution is 0.102. The van der Waals surface area contributed by atoms with Crippen molar-refractivity contribution < 1.29 is 14.1 Å². The molecular formula is C20H18N6O3. The van der Waals surface area contributed by atoms with E-state index in [1.165, 1.54) is 6.20 Å². The summed E-state index contributed by atoms with van der Waals surface area (Å²) in [5.74, 6) is 1.71. The number of rotatable bonds is 5. The highest BCUT2D eigenvalue weighted by Crippen LogP contribution is 2.22. The van der Waals surface area contributed by atoms with Crippen LogP contribution in [-0.4, -0.2) is 31.0 Å². The van der Waals surface area contributed by atoms with Gasteiger partial charge >= 0.3 is 0 Å². The number of hydrogen-bond acceptors (Lipinski definition) is 7. The van der Waals surface area contributed by atoms with E-state index in [4.69, 9.17) is 9.26 Å². The van der Waals surface area contributed by atoms with Crippen LogP contribution in [0.25, 0.3) is 5.82 Å². The Balaban J connectivity index is 1.41. The molecule has 0 atom stereocenters. The lowest BCUT2D eigenvalue weighted by Gasteiger charge is -2.08. The van der Waals surface area contributed by atoms with Crippen LogP contribution in [0.1, 0.15) is 27.5 Å². The van der Waals surface area contributed by atoms with E-state index in [0.717, 1.165) is 11.4 Å². The van der Waals surface area contributed by atoms with Crippen LogP contribution in [0.4, 0.5) is 5.69 Å². The van der Waals surface area contributed by atoms with Gasteiger partial charge in [-0.05, 0) is 57.2 Å². The second-order valence-electron chi connectivity index (χ2n) is 6.44. The maximum atomic E-state index is 12.2. The molecule has 1 aromatic carbocycles. The number of nitrogens with zero attached hydrogens (tertiary/aromatic N) is 5. The summed E-state index contributed by atoms with van der Waals surface area (Å²) in [5.41, 5.74) is 2.90. The normalized spacial score (nSPS) is 10.7. The van der Waals surface area contributed by atoms with Crippen molar-refractivity contribution in [2.24, 2.45) is 0 Å². The fraction of sp³-hybridized carbons (Fsp3) is 0.150. The Labute approximate surface area is 166 Å². The molecule has 0 fully saturated rings. The summed E-state index contributed by atoms with van der Waals surface area (Å²) in [4.78, 5) is 12.2. The largest absolute Gasteiger partial charge is 0.438 e. The van der Waals surface area contributed by atoms with Crippen molar-refractivity contribution in [1.29, 1.82) is 0 Å². The Morgan fingerprint density at radius 3 is 2.45 bits per heavy atom. The zero-order chi connectivity index (χ0) is 20.4. The lowest BCUT2D eigenvalue weighted by atomic mass is 10.2. The summed E-state index contributed by atoms with van der Waals surface area (Å²) < 4.78 is 12.3. The molecule has 0 saturated carbocycles. The number of benzene rings is 1. The van der Waals surface area contributed by atoms with Crippen LogP contribution in [0, 0.1) is 20.8 Å². The first-order valence-electron chi connectivity index (χ1n) is 8.87. The van der Waals surface area contributed by atoms with Crippen LogP contribution < -0.4 is 10.1 Å². The molecule has 0 spiro atoms. The summed E-state index contributed by atoms with van der Waals surface area (Å²) in [6.07, 6.45) is 1.39. The van der Waals surface area contributed by atoms with Crippen LogP contribution in [0.2, 0.25) is 0 Å². The van der Waals surface area contributed by atoms with E-state index in [1.807, 2.05) is 19.9 Å². The SMILES string of the molecule is Cc1cc(C)n(-c2ccc(Oc3ccc(NC(=O)c4cnoc4C)cc3)nn2)n1. The average molecular weight is 390 g/mol. The third-order valence-electron chi connectivity index (χ3n) is 4.18.